The van der Waals surface area contributed by atoms with Crippen molar-refractivity contribution in [1.82, 2.24) is 5.32 Å². The molecule has 3 heteroatoms. The van der Waals surface area contributed by atoms with E-state index in [4.69, 9.17) is 4.74 Å². The van der Waals surface area contributed by atoms with Gasteiger partial charge in [-0.2, -0.15) is 0 Å². The van der Waals surface area contributed by atoms with E-state index in [0.29, 0.717) is 6.61 Å². The third-order valence-electron chi connectivity index (χ3n) is 2.90. The summed E-state index contributed by atoms with van der Waals surface area (Å²) in [5, 5.41) is 3.24. The van der Waals surface area contributed by atoms with Crippen LogP contribution >= 0.6 is 0 Å². The van der Waals surface area contributed by atoms with Gasteiger partial charge in [-0.15, -0.1) is 0 Å². The Morgan fingerprint density at radius 1 is 1.46 bits per heavy atom. The lowest BCUT2D eigenvalue weighted by molar-refractivity contribution is 0.217. The first-order valence-electron chi connectivity index (χ1n) is 5.03. The first-order chi connectivity index (χ1) is 6.38. The van der Waals surface area contributed by atoms with Gasteiger partial charge in [-0.3, -0.25) is 0 Å². The highest BCUT2D eigenvalue weighted by Crippen LogP contribution is 2.28. The molecular formula is C10H16FNO. The minimum Gasteiger partial charge on any atom is -0.501 e. The van der Waals surface area contributed by atoms with Gasteiger partial charge in [0.1, 0.15) is 6.17 Å². The van der Waals surface area contributed by atoms with Gasteiger partial charge in [0, 0.05) is 12.0 Å². The number of nitrogens with one attached hydrogen (secondary N) is 1. The summed E-state index contributed by atoms with van der Waals surface area (Å²) in [5.41, 5.74) is 0.868. The number of ether oxygens (including phenoxy) is 1. The van der Waals surface area contributed by atoms with E-state index in [2.05, 4.69) is 5.32 Å². The lowest BCUT2D eigenvalue weighted by Gasteiger charge is -2.25. The van der Waals surface area contributed by atoms with Crippen LogP contribution in [-0.4, -0.2) is 25.9 Å². The summed E-state index contributed by atoms with van der Waals surface area (Å²) < 4.78 is 18.9. The van der Waals surface area contributed by atoms with Gasteiger partial charge in [-0.1, -0.05) is 0 Å². The van der Waals surface area contributed by atoms with Crippen LogP contribution in [0.1, 0.15) is 19.3 Å². The molecule has 74 valence electrons. The lowest BCUT2D eigenvalue weighted by atomic mass is 9.89. The first kappa shape index (κ1) is 9.00. The number of halogens is 1. The van der Waals surface area contributed by atoms with Gasteiger partial charge < -0.3 is 10.1 Å². The Morgan fingerprint density at radius 2 is 2.23 bits per heavy atom. The Bertz CT molecular complexity index is 199. The smallest absolute Gasteiger partial charge is 0.127 e. The summed E-state index contributed by atoms with van der Waals surface area (Å²) in [6.07, 6.45) is 3.55. The molecule has 0 aromatic heterocycles. The minimum atomic E-state index is -0.760. The lowest BCUT2D eigenvalue weighted by Crippen LogP contribution is -2.33. The highest BCUT2D eigenvalue weighted by Gasteiger charge is 2.27. The second-order valence-corrected chi connectivity index (χ2v) is 3.80. The molecule has 2 heterocycles. The molecule has 2 rings (SSSR count). The van der Waals surface area contributed by atoms with Crippen LogP contribution in [0.25, 0.3) is 0 Å². The molecular weight excluding hydrogens is 169 g/mol. The second-order valence-electron chi connectivity index (χ2n) is 3.80. The molecule has 1 fully saturated rings. The molecule has 13 heavy (non-hydrogen) atoms. The fourth-order valence-electron chi connectivity index (χ4n) is 2.04. The van der Waals surface area contributed by atoms with E-state index in [1.807, 2.05) is 0 Å². The highest BCUT2D eigenvalue weighted by molar-refractivity contribution is 5.10. The normalized spacial score (nSPS) is 26.7. The molecule has 2 aliphatic heterocycles. The van der Waals surface area contributed by atoms with E-state index in [-0.39, 0.29) is 5.92 Å². The Kier molecular flexibility index (Phi) is 2.83. The molecule has 0 bridgehead atoms. The summed E-state index contributed by atoms with van der Waals surface area (Å²) in [6, 6.07) is 0. The van der Waals surface area contributed by atoms with Gasteiger partial charge in [0.25, 0.3) is 0 Å². The van der Waals surface area contributed by atoms with Crippen LogP contribution in [0.15, 0.2) is 11.8 Å². The van der Waals surface area contributed by atoms with Crippen molar-refractivity contribution in [2.24, 2.45) is 5.92 Å². The Hall–Kier alpha value is -0.570. The van der Waals surface area contributed by atoms with Crippen LogP contribution in [0.3, 0.4) is 0 Å². The Balaban J connectivity index is 1.90. The summed E-state index contributed by atoms with van der Waals surface area (Å²) in [7, 11) is 0. The number of hydrogen-bond donors (Lipinski definition) is 1. The maximum atomic E-state index is 13.8. The maximum Gasteiger partial charge on any atom is 0.127 e. The van der Waals surface area contributed by atoms with Crippen LogP contribution in [0.5, 0.6) is 0 Å². The molecule has 0 amide bonds. The van der Waals surface area contributed by atoms with Crippen molar-refractivity contribution in [3.8, 4) is 0 Å². The molecule has 2 aliphatic rings. The van der Waals surface area contributed by atoms with E-state index in [9.17, 15) is 4.39 Å². The van der Waals surface area contributed by atoms with Gasteiger partial charge in [0.2, 0.25) is 0 Å². The largest absolute Gasteiger partial charge is 0.501 e. The standard InChI is InChI=1S/C10H16FNO/c11-10(9-3-6-13-7-9)8-1-4-12-5-2-8/h7-8,10,12H,1-6H2. The second kappa shape index (κ2) is 4.09. The van der Waals surface area contributed by atoms with Gasteiger partial charge in [0.15, 0.2) is 0 Å². The average molecular weight is 185 g/mol. The van der Waals surface area contributed by atoms with Crippen molar-refractivity contribution in [1.29, 1.82) is 0 Å². The molecule has 0 radical (unpaired) electrons. The zero-order chi connectivity index (χ0) is 9.10. The van der Waals surface area contributed by atoms with Crippen LogP contribution in [0, 0.1) is 5.92 Å². The summed E-state index contributed by atoms with van der Waals surface area (Å²) in [6.45, 7) is 2.58. The van der Waals surface area contributed by atoms with E-state index in [1.165, 1.54) is 0 Å². The van der Waals surface area contributed by atoms with E-state index in [1.54, 1.807) is 6.26 Å². The van der Waals surface area contributed by atoms with E-state index >= 15 is 0 Å². The highest BCUT2D eigenvalue weighted by atomic mass is 19.1. The molecule has 0 aromatic carbocycles. The quantitative estimate of drug-likeness (QED) is 0.706. The molecule has 0 aliphatic carbocycles. The monoisotopic (exact) mass is 185 g/mol. The minimum absolute atomic E-state index is 0.217. The number of hydrogen-bond acceptors (Lipinski definition) is 2. The molecule has 0 saturated carbocycles. The van der Waals surface area contributed by atoms with Crippen molar-refractivity contribution in [2.75, 3.05) is 19.7 Å². The third-order valence-corrected chi connectivity index (χ3v) is 2.90. The molecule has 1 atom stereocenters. The molecule has 2 nitrogen and oxygen atoms in total. The molecule has 0 aromatic rings. The molecule has 1 unspecified atom stereocenters. The first-order valence-corrected chi connectivity index (χ1v) is 5.03. The van der Waals surface area contributed by atoms with Gasteiger partial charge in [-0.05, 0) is 31.8 Å². The Morgan fingerprint density at radius 3 is 2.85 bits per heavy atom. The maximum absolute atomic E-state index is 13.8. The van der Waals surface area contributed by atoms with E-state index < -0.39 is 6.17 Å². The summed E-state index contributed by atoms with van der Waals surface area (Å²) >= 11 is 0. The molecule has 1 saturated heterocycles. The summed E-state index contributed by atoms with van der Waals surface area (Å²) in [4.78, 5) is 0. The van der Waals surface area contributed by atoms with Crippen LogP contribution < -0.4 is 5.32 Å². The van der Waals surface area contributed by atoms with Gasteiger partial charge in [0.05, 0.1) is 12.9 Å². The number of piperidine rings is 1. The molecule has 1 N–H and O–H groups in total. The van der Waals surface area contributed by atoms with Gasteiger partial charge in [-0.25, -0.2) is 4.39 Å². The summed E-state index contributed by atoms with van der Waals surface area (Å²) in [5.74, 6) is 0.217. The van der Waals surface area contributed by atoms with Crippen LogP contribution in [-0.2, 0) is 4.74 Å². The van der Waals surface area contributed by atoms with Crippen molar-refractivity contribution in [2.45, 2.75) is 25.4 Å². The van der Waals surface area contributed by atoms with Crippen molar-refractivity contribution < 1.29 is 9.13 Å². The van der Waals surface area contributed by atoms with Crippen molar-refractivity contribution in [3.63, 3.8) is 0 Å². The fraction of sp³-hybridized carbons (Fsp3) is 0.800. The number of rotatable bonds is 2. The zero-order valence-electron chi connectivity index (χ0n) is 7.76. The van der Waals surface area contributed by atoms with Crippen molar-refractivity contribution >= 4 is 0 Å². The van der Waals surface area contributed by atoms with Crippen LogP contribution in [0.2, 0.25) is 0 Å². The number of alkyl halides is 1. The Labute approximate surface area is 78.2 Å². The topological polar surface area (TPSA) is 21.3 Å². The predicted octanol–water partition coefficient (Wildman–Crippen LogP) is 1.63. The third kappa shape index (κ3) is 2.02. The predicted molar refractivity (Wildman–Crippen MR) is 49.1 cm³/mol. The van der Waals surface area contributed by atoms with Gasteiger partial charge >= 0.3 is 0 Å². The molecule has 0 spiro atoms. The van der Waals surface area contributed by atoms with Crippen LogP contribution in [0.4, 0.5) is 4.39 Å². The SMILES string of the molecule is FC(C1=COCC1)C1CCNCC1. The van der Waals surface area contributed by atoms with Crippen molar-refractivity contribution in [3.05, 3.63) is 11.8 Å². The fourth-order valence-corrected chi connectivity index (χ4v) is 2.04. The average Bonchev–Trinajstić information content (AvgIpc) is 2.71. The van der Waals surface area contributed by atoms with E-state index in [0.717, 1.165) is 37.9 Å². The zero-order valence-corrected chi connectivity index (χ0v) is 7.76.